The largest absolute Gasteiger partial charge is 0.454 e. The van der Waals surface area contributed by atoms with Gasteiger partial charge in [0.15, 0.2) is 0 Å². The zero-order valence-corrected chi connectivity index (χ0v) is 17.5. The molecule has 150 valence electrons. The minimum Gasteiger partial charge on any atom is -0.454 e. The van der Waals surface area contributed by atoms with E-state index in [1.54, 1.807) is 19.1 Å². The van der Waals surface area contributed by atoms with Gasteiger partial charge < -0.3 is 4.74 Å². The number of carbonyl (C=O) groups excluding carboxylic acids is 1. The average molecular weight is 422 g/mol. The van der Waals surface area contributed by atoms with Gasteiger partial charge in [0.1, 0.15) is 6.10 Å². The van der Waals surface area contributed by atoms with Crippen LogP contribution in [0.15, 0.2) is 53.4 Å². The fraction of sp³-hybridized carbons (Fsp3) is 0.381. The van der Waals surface area contributed by atoms with Gasteiger partial charge in [-0.3, -0.25) is 0 Å². The molecule has 5 nitrogen and oxygen atoms in total. The second-order valence-electron chi connectivity index (χ2n) is 7.18. The van der Waals surface area contributed by atoms with Gasteiger partial charge in [0.25, 0.3) is 0 Å². The Morgan fingerprint density at radius 1 is 1.11 bits per heavy atom. The van der Waals surface area contributed by atoms with Gasteiger partial charge in [0.05, 0.1) is 10.5 Å². The molecule has 2 aromatic carbocycles. The van der Waals surface area contributed by atoms with E-state index in [4.69, 9.17) is 16.3 Å². The molecule has 0 saturated carbocycles. The monoisotopic (exact) mass is 421 g/mol. The molecule has 7 heteroatoms. The predicted molar refractivity (Wildman–Crippen MR) is 109 cm³/mol. The number of benzene rings is 2. The molecule has 1 saturated heterocycles. The summed E-state index contributed by atoms with van der Waals surface area (Å²) in [5, 5.41) is 0.528. The van der Waals surface area contributed by atoms with E-state index in [1.807, 2.05) is 12.1 Å². The van der Waals surface area contributed by atoms with Crippen LogP contribution in [0, 0.1) is 5.92 Å². The van der Waals surface area contributed by atoms with Gasteiger partial charge in [0.2, 0.25) is 10.0 Å². The molecule has 1 aliphatic heterocycles. The summed E-state index contributed by atoms with van der Waals surface area (Å²) in [4.78, 5) is 12.6. The first kappa shape index (κ1) is 20.8. The Morgan fingerprint density at radius 2 is 1.71 bits per heavy atom. The molecule has 1 fully saturated rings. The molecular weight excluding hydrogens is 398 g/mol. The highest BCUT2D eigenvalue weighted by molar-refractivity contribution is 7.89. The first-order valence-corrected chi connectivity index (χ1v) is 11.2. The number of esters is 1. The number of nitrogens with zero attached hydrogens (tertiary/aromatic N) is 1. The van der Waals surface area contributed by atoms with Crippen molar-refractivity contribution in [3.8, 4) is 0 Å². The summed E-state index contributed by atoms with van der Waals surface area (Å²) in [6.07, 6.45) is 1.22. The lowest BCUT2D eigenvalue weighted by Gasteiger charge is -2.29. The lowest BCUT2D eigenvalue weighted by Crippen LogP contribution is -2.37. The van der Waals surface area contributed by atoms with Crippen molar-refractivity contribution >= 4 is 27.6 Å². The van der Waals surface area contributed by atoms with Gasteiger partial charge in [-0.1, -0.05) is 36.7 Å². The lowest BCUT2D eigenvalue weighted by atomic mass is 10.0. The van der Waals surface area contributed by atoms with Crippen LogP contribution < -0.4 is 0 Å². The Kier molecular flexibility index (Phi) is 6.43. The number of hydrogen-bond acceptors (Lipinski definition) is 4. The van der Waals surface area contributed by atoms with Crippen LogP contribution in [-0.2, 0) is 14.8 Å². The summed E-state index contributed by atoms with van der Waals surface area (Å²) in [6.45, 7) is 4.94. The first-order valence-electron chi connectivity index (χ1n) is 9.34. The van der Waals surface area contributed by atoms with E-state index in [0.717, 1.165) is 18.4 Å². The van der Waals surface area contributed by atoms with Crippen LogP contribution in [-0.4, -0.2) is 31.8 Å². The number of rotatable bonds is 5. The average Bonchev–Trinajstić information content (AvgIpc) is 2.68. The molecule has 0 radical (unpaired) electrons. The SMILES string of the molecule is CC1CCN(S(=O)(=O)c2ccc(C(=O)O[C@@H](C)c3ccccc3Cl)cc2)CC1. The van der Waals surface area contributed by atoms with E-state index in [1.165, 1.54) is 28.6 Å². The number of carbonyl (C=O) groups is 1. The minimum absolute atomic E-state index is 0.192. The highest BCUT2D eigenvalue weighted by atomic mass is 35.5. The van der Waals surface area contributed by atoms with Crippen LogP contribution >= 0.6 is 11.6 Å². The predicted octanol–water partition coefficient (Wildman–Crippen LogP) is 4.68. The summed E-state index contributed by atoms with van der Waals surface area (Å²) in [5.74, 6) is 0.0202. The van der Waals surface area contributed by atoms with Crippen LogP contribution in [0.4, 0.5) is 0 Å². The molecule has 0 amide bonds. The van der Waals surface area contributed by atoms with Crippen LogP contribution in [0.5, 0.6) is 0 Å². The number of piperidine rings is 1. The standard InChI is InChI=1S/C21H24ClNO4S/c1-15-11-13-23(14-12-15)28(25,26)18-9-7-17(8-10-18)21(24)27-16(2)19-5-3-4-6-20(19)22/h3-10,15-16H,11-14H2,1-2H3/t16-/m0/s1. The van der Waals surface area contributed by atoms with E-state index < -0.39 is 22.1 Å². The Bertz CT molecular complexity index is 935. The van der Waals surface area contributed by atoms with Crippen molar-refractivity contribution < 1.29 is 17.9 Å². The van der Waals surface area contributed by atoms with Crippen molar-refractivity contribution in [3.63, 3.8) is 0 Å². The minimum atomic E-state index is -3.54. The molecular formula is C21H24ClNO4S. The van der Waals surface area contributed by atoms with E-state index in [0.29, 0.717) is 29.6 Å². The number of hydrogen-bond donors (Lipinski definition) is 0. The summed E-state index contributed by atoms with van der Waals surface area (Å²) in [7, 11) is -3.54. The van der Waals surface area contributed by atoms with E-state index >= 15 is 0 Å². The van der Waals surface area contributed by atoms with Crippen LogP contribution in [0.2, 0.25) is 5.02 Å². The zero-order valence-electron chi connectivity index (χ0n) is 16.0. The van der Waals surface area contributed by atoms with Crippen molar-refractivity contribution in [3.05, 3.63) is 64.7 Å². The van der Waals surface area contributed by atoms with Gasteiger partial charge >= 0.3 is 5.97 Å². The third-order valence-electron chi connectivity index (χ3n) is 5.10. The summed E-state index contributed by atoms with van der Waals surface area (Å²) < 4.78 is 32.5. The molecule has 1 heterocycles. The van der Waals surface area contributed by atoms with Gasteiger partial charge in [-0.05, 0) is 56.0 Å². The van der Waals surface area contributed by atoms with Gasteiger partial charge in [-0.15, -0.1) is 0 Å². The Labute approximate surface area is 171 Å². The van der Waals surface area contributed by atoms with Crippen LogP contribution in [0.3, 0.4) is 0 Å². The maximum absolute atomic E-state index is 12.8. The molecule has 1 atom stereocenters. The van der Waals surface area contributed by atoms with E-state index in [9.17, 15) is 13.2 Å². The summed E-state index contributed by atoms with van der Waals surface area (Å²) in [6, 6.07) is 13.1. The maximum atomic E-state index is 12.8. The second-order valence-corrected chi connectivity index (χ2v) is 9.53. The third-order valence-corrected chi connectivity index (χ3v) is 7.35. The van der Waals surface area contributed by atoms with Crippen molar-refractivity contribution in [2.45, 2.75) is 37.7 Å². The van der Waals surface area contributed by atoms with E-state index in [-0.39, 0.29) is 4.90 Å². The lowest BCUT2D eigenvalue weighted by molar-refractivity contribution is 0.0338. The maximum Gasteiger partial charge on any atom is 0.338 e. The van der Waals surface area contributed by atoms with Gasteiger partial charge in [-0.2, -0.15) is 4.31 Å². The number of ether oxygens (including phenoxy) is 1. The molecule has 0 N–H and O–H groups in total. The fourth-order valence-corrected chi connectivity index (χ4v) is 4.99. The molecule has 0 aliphatic carbocycles. The Balaban J connectivity index is 1.70. The molecule has 0 spiro atoms. The number of halogens is 1. The summed E-state index contributed by atoms with van der Waals surface area (Å²) >= 11 is 6.14. The Hall–Kier alpha value is -1.89. The molecule has 1 aliphatic rings. The van der Waals surface area contributed by atoms with Crippen molar-refractivity contribution in [2.75, 3.05) is 13.1 Å². The fourth-order valence-electron chi connectivity index (χ4n) is 3.23. The normalized spacial score (nSPS) is 17.2. The van der Waals surface area contributed by atoms with Gasteiger partial charge in [-0.25, -0.2) is 13.2 Å². The number of sulfonamides is 1. The van der Waals surface area contributed by atoms with Crippen molar-refractivity contribution in [2.24, 2.45) is 5.92 Å². The highest BCUT2D eigenvalue weighted by Crippen LogP contribution is 2.27. The highest BCUT2D eigenvalue weighted by Gasteiger charge is 2.28. The topological polar surface area (TPSA) is 63.7 Å². The third kappa shape index (κ3) is 4.57. The van der Waals surface area contributed by atoms with E-state index in [2.05, 4.69) is 6.92 Å². The first-order chi connectivity index (χ1) is 13.3. The van der Waals surface area contributed by atoms with Crippen molar-refractivity contribution in [1.29, 1.82) is 0 Å². The zero-order chi connectivity index (χ0) is 20.3. The molecule has 0 aromatic heterocycles. The molecule has 2 aromatic rings. The Morgan fingerprint density at radius 3 is 2.32 bits per heavy atom. The van der Waals surface area contributed by atoms with Crippen molar-refractivity contribution in [1.82, 2.24) is 4.31 Å². The second kappa shape index (κ2) is 8.64. The molecule has 0 bridgehead atoms. The molecule has 0 unspecified atom stereocenters. The van der Waals surface area contributed by atoms with Crippen LogP contribution in [0.25, 0.3) is 0 Å². The van der Waals surface area contributed by atoms with Crippen LogP contribution in [0.1, 0.15) is 48.7 Å². The molecule has 28 heavy (non-hydrogen) atoms. The quantitative estimate of drug-likeness (QED) is 0.657. The summed E-state index contributed by atoms with van der Waals surface area (Å²) in [5.41, 5.74) is 1.01. The molecule has 3 rings (SSSR count). The smallest absolute Gasteiger partial charge is 0.338 e. The van der Waals surface area contributed by atoms with Gasteiger partial charge in [0, 0.05) is 23.7 Å².